The molecule has 0 aliphatic heterocycles. The fourth-order valence-electron chi connectivity index (χ4n) is 2.96. The van der Waals surface area contributed by atoms with Crippen LogP contribution in [0.25, 0.3) is 0 Å². The number of primary amides is 1. The second kappa shape index (κ2) is 7.17. The summed E-state index contributed by atoms with van der Waals surface area (Å²) in [5.41, 5.74) is 8.14. The Morgan fingerprint density at radius 3 is 2.10 bits per heavy atom. The van der Waals surface area contributed by atoms with Crippen molar-refractivity contribution >= 4 is 11.7 Å². The van der Waals surface area contributed by atoms with E-state index in [4.69, 9.17) is 11.5 Å². The molecule has 1 unspecified atom stereocenters. The number of nitrogen functional groups attached to an aromatic ring is 1. The van der Waals surface area contributed by atoms with Gasteiger partial charge in [-0.2, -0.15) is 31.4 Å². The molecule has 0 aliphatic carbocycles. The van der Waals surface area contributed by atoms with E-state index < -0.39 is 58.8 Å². The van der Waals surface area contributed by atoms with Gasteiger partial charge >= 0.3 is 12.4 Å². The maximum absolute atomic E-state index is 12.9. The maximum Gasteiger partial charge on any atom is 0.424 e. The van der Waals surface area contributed by atoms with E-state index in [9.17, 15) is 31.1 Å². The summed E-state index contributed by atoms with van der Waals surface area (Å²) in [6.07, 6.45) is -10.8. The van der Waals surface area contributed by atoms with Crippen LogP contribution in [0.5, 0.6) is 0 Å². The minimum absolute atomic E-state index is 0.147. The van der Waals surface area contributed by atoms with Crippen LogP contribution < -0.4 is 11.5 Å². The zero-order valence-electron chi connectivity index (χ0n) is 15.7. The summed E-state index contributed by atoms with van der Waals surface area (Å²) in [4.78, 5) is 11.7. The van der Waals surface area contributed by atoms with Gasteiger partial charge < -0.3 is 11.5 Å². The van der Waals surface area contributed by atoms with Gasteiger partial charge in [-0.25, -0.2) is 4.68 Å². The highest BCUT2D eigenvalue weighted by Crippen LogP contribution is 2.39. The molecule has 29 heavy (non-hydrogen) atoms. The monoisotopic (exact) mass is 420 g/mol. The zero-order chi connectivity index (χ0) is 22.4. The topological polar surface area (TPSA) is 86.9 Å². The van der Waals surface area contributed by atoms with Crippen LogP contribution in [0.3, 0.4) is 0 Å². The molecule has 11 heteroatoms. The molecule has 1 aromatic carbocycles. The summed E-state index contributed by atoms with van der Waals surface area (Å²) < 4.78 is 78.0. The molecule has 0 bridgehead atoms. The molecule has 2 aromatic rings. The van der Waals surface area contributed by atoms with Crippen molar-refractivity contribution in [3.8, 4) is 0 Å². The van der Waals surface area contributed by atoms with Crippen molar-refractivity contribution in [1.29, 1.82) is 0 Å². The van der Waals surface area contributed by atoms with Crippen molar-refractivity contribution in [3.05, 3.63) is 46.6 Å². The predicted octanol–water partition coefficient (Wildman–Crippen LogP) is 3.92. The van der Waals surface area contributed by atoms with Crippen LogP contribution in [0.15, 0.2) is 12.1 Å². The third kappa shape index (κ3) is 4.93. The molecular formula is C18H18F6N4O. The number of amides is 1. The van der Waals surface area contributed by atoms with Gasteiger partial charge in [0.2, 0.25) is 0 Å². The van der Waals surface area contributed by atoms with Crippen molar-refractivity contribution in [1.82, 2.24) is 9.78 Å². The van der Waals surface area contributed by atoms with Crippen LogP contribution in [0.4, 0.5) is 32.2 Å². The second-order valence-corrected chi connectivity index (χ2v) is 7.53. The second-order valence-electron chi connectivity index (χ2n) is 7.53. The van der Waals surface area contributed by atoms with E-state index in [1.54, 1.807) is 20.8 Å². The minimum Gasteiger partial charge on any atom is -0.383 e. The average Bonchev–Trinajstić information content (AvgIpc) is 2.80. The van der Waals surface area contributed by atoms with Crippen molar-refractivity contribution < 1.29 is 31.1 Å². The maximum atomic E-state index is 12.9. The highest BCUT2D eigenvalue weighted by Gasteiger charge is 2.38. The summed E-state index contributed by atoms with van der Waals surface area (Å²) in [6.45, 7) is 5.03. The van der Waals surface area contributed by atoms with Crippen LogP contribution in [0.1, 0.15) is 54.0 Å². The van der Waals surface area contributed by atoms with Gasteiger partial charge in [0.25, 0.3) is 5.91 Å². The summed E-state index contributed by atoms with van der Waals surface area (Å²) in [5.74, 6) is -1.60. The molecule has 1 heterocycles. The van der Waals surface area contributed by atoms with Gasteiger partial charge in [0, 0.05) is 5.56 Å². The molecule has 0 fully saturated rings. The molecule has 0 aliphatic rings. The third-order valence-electron chi connectivity index (χ3n) is 4.07. The number of carbonyl (C=O) groups excluding carboxylic acids is 1. The van der Waals surface area contributed by atoms with E-state index in [1.165, 1.54) is 0 Å². The van der Waals surface area contributed by atoms with Crippen LogP contribution in [-0.2, 0) is 12.6 Å². The molecule has 0 saturated heterocycles. The Kier molecular flexibility index (Phi) is 5.53. The van der Waals surface area contributed by atoms with E-state index >= 15 is 0 Å². The van der Waals surface area contributed by atoms with Gasteiger partial charge in [-0.1, -0.05) is 32.9 Å². The van der Waals surface area contributed by atoms with Crippen molar-refractivity contribution in [2.75, 3.05) is 5.73 Å². The van der Waals surface area contributed by atoms with E-state index in [0.29, 0.717) is 0 Å². The van der Waals surface area contributed by atoms with Crippen molar-refractivity contribution in [2.24, 2.45) is 11.1 Å². The highest BCUT2D eigenvalue weighted by molar-refractivity contribution is 5.98. The first kappa shape index (κ1) is 22.4. The first-order valence-corrected chi connectivity index (χ1v) is 8.27. The Labute approximate surface area is 162 Å². The number of nitrogens with two attached hydrogens (primary N) is 2. The van der Waals surface area contributed by atoms with Crippen molar-refractivity contribution in [2.45, 2.75) is 45.6 Å². The Hall–Kier alpha value is -2.90. The average molecular weight is 420 g/mol. The lowest BCUT2D eigenvalue weighted by Gasteiger charge is -2.31. The summed E-state index contributed by atoms with van der Waals surface area (Å²) in [7, 11) is 0. The lowest BCUT2D eigenvalue weighted by Crippen LogP contribution is -2.28. The van der Waals surface area contributed by atoms with Gasteiger partial charge in [-0.15, -0.1) is 0 Å². The number of rotatable bonds is 4. The van der Waals surface area contributed by atoms with Gasteiger partial charge in [0.15, 0.2) is 0 Å². The Morgan fingerprint density at radius 1 is 1.14 bits per heavy atom. The quantitative estimate of drug-likeness (QED) is 0.735. The number of hydrogen-bond donors (Lipinski definition) is 2. The summed E-state index contributed by atoms with van der Waals surface area (Å²) >= 11 is 0. The normalized spacial score (nSPS) is 13.8. The number of anilines is 1. The summed E-state index contributed by atoms with van der Waals surface area (Å²) in [6, 6.07) is 5.33. The fraction of sp³-hybridized carbons (Fsp3) is 0.444. The van der Waals surface area contributed by atoms with E-state index in [0.717, 1.165) is 16.8 Å². The largest absolute Gasteiger partial charge is 0.424 e. The van der Waals surface area contributed by atoms with Gasteiger partial charge in [-0.05, 0) is 17.5 Å². The lowest BCUT2D eigenvalue weighted by atomic mass is 9.82. The van der Waals surface area contributed by atoms with Crippen LogP contribution in [-0.4, -0.2) is 21.9 Å². The molecule has 0 radical (unpaired) electrons. The Morgan fingerprint density at radius 2 is 1.72 bits per heavy atom. The first-order valence-electron chi connectivity index (χ1n) is 8.27. The van der Waals surface area contributed by atoms with E-state index in [2.05, 4.69) is 11.2 Å². The fourth-order valence-corrected chi connectivity index (χ4v) is 2.96. The molecule has 2 rings (SSSR count). The number of hydrogen-bond acceptors (Lipinski definition) is 3. The molecule has 158 valence electrons. The van der Waals surface area contributed by atoms with Gasteiger partial charge in [0.05, 0.1) is 18.2 Å². The standard InChI is InChI=1S/C18H18F6N4O/c1-16(2,3)13(9-4-6-10(7-5-9)18(22,23)24)28-14(25)12(15(26)29)11(27-28)8-17(19,20)21/h4,6,13H,8,25H2,1-3H3,(H2,26,29). The predicted molar refractivity (Wildman–Crippen MR) is 91.6 cm³/mol. The molecule has 1 atom stereocenters. The van der Waals surface area contributed by atoms with Crippen molar-refractivity contribution in [3.63, 3.8) is 0 Å². The Bertz CT molecular complexity index is 891. The number of aromatic nitrogens is 2. The number of nitrogens with zero attached hydrogens (tertiary/aromatic N) is 2. The molecule has 0 saturated carbocycles. The molecule has 4 N–H and O–H groups in total. The number of halogens is 6. The third-order valence-corrected chi connectivity index (χ3v) is 4.07. The van der Waals surface area contributed by atoms with Crippen LogP contribution >= 0.6 is 0 Å². The molecule has 1 amide bonds. The van der Waals surface area contributed by atoms with Gasteiger partial charge in [0.1, 0.15) is 16.9 Å². The number of alkyl halides is 6. The minimum atomic E-state index is -4.68. The van der Waals surface area contributed by atoms with E-state index in [1.807, 2.05) is 6.07 Å². The number of carbonyl (C=O) groups is 1. The highest BCUT2D eigenvalue weighted by atomic mass is 19.4. The molecule has 0 spiro atoms. The smallest absolute Gasteiger partial charge is 0.383 e. The molecular weight excluding hydrogens is 402 g/mol. The SMILES string of the molecule is CC(C)(C)C(c1c#cc(C(F)(F)F)cc1)n1nc(CC(F)(F)F)c(C(N)=O)c1N. The van der Waals surface area contributed by atoms with Crippen LogP contribution in [0.2, 0.25) is 0 Å². The Balaban J connectivity index is 2.65. The summed E-state index contributed by atoms with van der Waals surface area (Å²) in [5, 5.41) is 3.85. The van der Waals surface area contributed by atoms with E-state index in [-0.39, 0.29) is 5.56 Å². The first-order chi connectivity index (χ1) is 13.0. The molecule has 1 aromatic heterocycles. The lowest BCUT2D eigenvalue weighted by molar-refractivity contribution is -0.137. The van der Waals surface area contributed by atoms with Crippen LogP contribution in [0, 0.1) is 17.5 Å². The molecule has 5 nitrogen and oxygen atoms in total. The zero-order valence-corrected chi connectivity index (χ0v) is 15.7. The van der Waals surface area contributed by atoms with Gasteiger partial charge in [-0.3, -0.25) is 4.79 Å².